The van der Waals surface area contributed by atoms with Crippen molar-refractivity contribution in [3.63, 3.8) is 0 Å². The van der Waals surface area contributed by atoms with Gasteiger partial charge in [-0.1, -0.05) is 29.5 Å². The summed E-state index contributed by atoms with van der Waals surface area (Å²) in [7, 11) is 0. The summed E-state index contributed by atoms with van der Waals surface area (Å²) in [6.07, 6.45) is 4.90. The summed E-state index contributed by atoms with van der Waals surface area (Å²) < 4.78 is 9.54. The Morgan fingerprint density at radius 2 is 2.35 bits per heavy atom. The highest BCUT2D eigenvalue weighted by Crippen LogP contribution is 2.17. The molecule has 3 heterocycles. The summed E-state index contributed by atoms with van der Waals surface area (Å²) in [6.45, 7) is 6.46. The molecule has 0 aliphatic carbocycles. The number of fused-ring (bicyclic) bond motifs is 1. The molecule has 0 atom stereocenters. The van der Waals surface area contributed by atoms with Gasteiger partial charge in [-0.25, -0.2) is 4.98 Å². The number of rotatable bonds is 6. The van der Waals surface area contributed by atoms with Crippen molar-refractivity contribution >= 4 is 33.9 Å². The molecule has 9 heteroatoms. The quantitative estimate of drug-likeness (QED) is 0.503. The van der Waals surface area contributed by atoms with E-state index >= 15 is 0 Å². The van der Waals surface area contributed by atoms with Gasteiger partial charge in [0, 0.05) is 13.0 Å². The first-order chi connectivity index (χ1) is 11.1. The Morgan fingerprint density at radius 1 is 1.52 bits per heavy atom. The van der Waals surface area contributed by atoms with Crippen LogP contribution in [0.15, 0.2) is 28.3 Å². The lowest BCUT2D eigenvalue weighted by Crippen LogP contribution is -2.21. The van der Waals surface area contributed by atoms with E-state index in [1.54, 1.807) is 10.6 Å². The average molecular weight is 349 g/mol. The lowest BCUT2D eigenvalue weighted by molar-refractivity contribution is 0.364. The summed E-state index contributed by atoms with van der Waals surface area (Å²) >= 11 is 6.54. The van der Waals surface area contributed by atoms with Gasteiger partial charge in [0.15, 0.2) is 15.4 Å². The Morgan fingerprint density at radius 3 is 3.09 bits per heavy atom. The standard InChI is InChI=1S/C14H15N5O2S2/c1-3-5-9-16-10(21-17-9)7-18-8-15-12-11(13(18)20)23-14(22)19(12)6-4-2/h4,8H,2-3,5-7H2,1H3. The number of nitrogens with zero attached hydrogens (tertiary/aromatic N) is 5. The van der Waals surface area contributed by atoms with Crippen LogP contribution in [0.5, 0.6) is 0 Å². The van der Waals surface area contributed by atoms with E-state index in [4.69, 9.17) is 16.7 Å². The molecule has 0 spiro atoms. The number of aryl methyl sites for hydroxylation is 1. The molecule has 0 amide bonds. The van der Waals surface area contributed by atoms with E-state index in [9.17, 15) is 4.79 Å². The van der Waals surface area contributed by atoms with Crippen LogP contribution in [0.1, 0.15) is 25.1 Å². The Bertz CT molecular complexity index is 966. The van der Waals surface area contributed by atoms with E-state index in [1.165, 1.54) is 22.2 Å². The second-order valence-electron chi connectivity index (χ2n) is 4.95. The summed E-state index contributed by atoms with van der Waals surface area (Å²) in [5.41, 5.74) is 0.419. The molecule has 0 unspecified atom stereocenters. The number of hydrogen-bond donors (Lipinski definition) is 0. The minimum absolute atomic E-state index is 0.163. The maximum atomic E-state index is 12.6. The van der Waals surface area contributed by atoms with Crippen molar-refractivity contribution in [2.45, 2.75) is 32.9 Å². The van der Waals surface area contributed by atoms with E-state index < -0.39 is 0 Å². The van der Waals surface area contributed by atoms with Gasteiger partial charge >= 0.3 is 0 Å². The van der Waals surface area contributed by atoms with Gasteiger partial charge in [0.1, 0.15) is 17.6 Å². The van der Waals surface area contributed by atoms with Crippen molar-refractivity contribution in [3.05, 3.63) is 45.0 Å². The Kier molecular flexibility index (Phi) is 4.49. The molecule has 3 aromatic heterocycles. The molecule has 0 bridgehead atoms. The maximum absolute atomic E-state index is 12.6. The highest BCUT2D eigenvalue weighted by molar-refractivity contribution is 7.73. The molecule has 0 fully saturated rings. The van der Waals surface area contributed by atoms with E-state index in [1.807, 2.05) is 6.92 Å². The number of hydrogen-bond acceptors (Lipinski definition) is 7. The molecule has 7 nitrogen and oxygen atoms in total. The van der Waals surface area contributed by atoms with Gasteiger partial charge in [0.25, 0.3) is 5.56 Å². The molecule has 0 aromatic carbocycles. The smallest absolute Gasteiger partial charge is 0.273 e. The second-order valence-corrected chi connectivity index (χ2v) is 6.60. The van der Waals surface area contributed by atoms with Crippen molar-refractivity contribution in [2.24, 2.45) is 0 Å². The number of allylic oxidation sites excluding steroid dienone is 1. The molecule has 0 radical (unpaired) electrons. The van der Waals surface area contributed by atoms with Gasteiger partial charge in [0.2, 0.25) is 5.89 Å². The van der Waals surface area contributed by atoms with Crippen LogP contribution >= 0.6 is 23.6 Å². The van der Waals surface area contributed by atoms with Gasteiger partial charge in [-0.3, -0.25) is 9.36 Å². The second kappa shape index (κ2) is 6.55. The van der Waals surface area contributed by atoms with Crippen molar-refractivity contribution in [2.75, 3.05) is 0 Å². The highest BCUT2D eigenvalue weighted by Gasteiger charge is 2.13. The zero-order valence-corrected chi connectivity index (χ0v) is 14.2. The van der Waals surface area contributed by atoms with Crippen LogP contribution < -0.4 is 5.56 Å². The maximum Gasteiger partial charge on any atom is 0.273 e. The summed E-state index contributed by atoms with van der Waals surface area (Å²) in [4.78, 5) is 21.2. The van der Waals surface area contributed by atoms with Crippen molar-refractivity contribution in [1.29, 1.82) is 0 Å². The molecule has 120 valence electrons. The van der Waals surface area contributed by atoms with E-state index in [0.717, 1.165) is 12.8 Å². The van der Waals surface area contributed by atoms with Crippen molar-refractivity contribution < 1.29 is 4.52 Å². The molecular weight excluding hydrogens is 334 g/mol. The zero-order chi connectivity index (χ0) is 16.4. The van der Waals surface area contributed by atoms with E-state index in [0.29, 0.717) is 32.6 Å². The van der Waals surface area contributed by atoms with Crippen molar-refractivity contribution in [3.8, 4) is 0 Å². The fourth-order valence-electron chi connectivity index (χ4n) is 2.20. The number of aromatic nitrogens is 5. The molecule has 3 rings (SSSR count). The third-order valence-electron chi connectivity index (χ3n) is 3.24. The summed E-state index contributed by atoms with van der Waals surface area (Å²) in [6, 6.07) is 0. The molecule has 0 aliphatic rings. The predicted octanol–water partition coefficient (Wildman–Crippen LogP) is 2.56. The highest BCUT2D eigenvalue weighted by atomic mass is 32.1. The molecule has 0 saturated heterocycles. The first-order valence-corrected chi connectivity index (χ1v) is 8.37. The van der Waals surface area contributed by atoms with Gasteiger partial charge < -0.3 is 9.09 Å². The van der Waals surface area contributed by atoms with Gasteiger partial charge in [-0.15, -0.1) is 6.58 Å². The fraction of sp³-hybridized carbons (Fsp3) is 0.357. The van der Waals surface area contributed by atoms with Gasteiger partial charge in [-0.2, -0.15) is 4.98 Å². The SMILES string of the molecule is C=CCn1c(=S)sc2c(=O)n(Cc3nc(CCC)no3)cnc21. The lowest BCUT2D eigenvalue weighted by atomic mass is 10.3. The minimum Gasteiger partial charge on any atom is -0.337 e. The average Bonchev–Trinajstić information content (AvgIpc) is 3.09. The van der Waals surface area contributed by atoms with Crippen molar-refractivity contribution in [1.82, 2.24) is 24.3 Å². The van der Waals surface area contributed by atoms with E-state index in [-0.39, 0.29) is 12.1 Å². The monoisotopic (exact) mass is 349 g/mol. The van der Waals surface area contributed by atoms with Crippen LogP contribution in [0.2, 0.25) is 0 Å². The van der Waals surface area contributed by atoms with Gasteiger partial charge in [0.05, 0.1) is 0 Å². The van der Waals surface area contributed by atoms with Crippen LogP contribution in [0.25, 0.3) is 10.3 Å². The third kappa shape index (κ3) is 3.02. The minimum atomic E-state index is -0.163. The predicted molar refractivity (Wildman–Crippen MR) is 90.3 cm³/mol. The first kappa shape index (κ1) is 15.8. The summed E-state index contributed by atoms with van der Waals surface area (Å²) in [5, 5.41) is 3.89. The van der Waals surface area contributed by atoms with Crippen LogP contribution in [0, 0.1) is 3.95 Å². The van der Waals surface area contributed by atoms with Crippen LogP contribution in [-0.4, -0.2) is 24.3 Å². The molecule has 0 aliphatic heterocycles. The molecular formula is C14H15N5O2S2. The van der Waals surface area contributed by atoms with E-state index in [2.05, 4.69) is 21.7 Å². The number of thiazole rings is 1. The lowest BCUT2D eigenvalue weighted by Gasteiger charge is -2.02. The molecule has 0 N–H and O–H groups in total. The third-order valence-corrected chi connectivity index (χ3v) is 4.67. The Hall–Kier alpha value is -2.13. The van der Waals surface area contributed by atoms with Crippen LogP contribution in [0.3, 0.4) is 0 Å². The zero-order valence-electron chi connectivity index (χ0n) is 12.6. The summed E-state index contributed by atoms with van der Waals surface area (Å²) in [5.74, 6) is 1.04. The van der Waals surface area contributed by atoms with Crippen LogP contribution in [0.4, 0.5) is 0 Å². The Labute approximate surface area is 140 Å². The first-order valence-electron chi connectivity index (χ1n) is 7.15. The topological polar surface area (TPSA) is 78.7 Å². The van der Waals surface area contributed by atoms with Crippen LogP contribution in [-0.2, 0) is 19.5 Å². The normalized spacial score (nSPS) is 11.2. The Balaban J connectivity index is 1.98. The largest absolute Gasteiger partial charge is 0.337 e. The molecule has 23 heavy (non-hydrogen) atoms. The fourth-order valence-corrected chi connectivity index (χ4v) is 3.52. The molecule has 0 saturated carbocycles. The van der Waals surface area contributed by atoms with Gasteiger partial charge in [-0.05, 0) is 18.6 Å². The molecule has 3 aromatic rings.